The van der Waals surface area contributed by atoms with E-state index in [4.69, 9.17) is 0 Å². The molecule has 29 heavy (non-hydrogen) atoms. The maximum atomic E-state index is 12.7. The molecule has 1 aromatic heterocycles. The van der Waals surface area contributed by atoms with E-state index in [0.29, 0.717) is 32.6 Å². The van der Waals surface area contributed by atoms with Crippen LogP contribution in [0.15, 0.2) is 30.6 Å². The van der Waals surface area contributed by atoms with Crippen LogP contribution in [0.1, 0.15) is 23.5 Å². The zero-order valence-corrected chi connectivity index (χ0v) is 15.4. The summed E-state index contributed by atoms with van der Waals surface area (Å²) in [5, 5.41) is 10.6. The molecule has 1 saturated carbocycles. The fourth-order valence-corrected chi connectivity index (χ4v) is 3.66. The fourth-order valence-electron chi connectivity index (χ4n) is 3.66. The number of carbonyl (C=O) groups excluding carboxylic acids is 2. The van der Waals surface area contributed by atoms with E-state index in [1.165, 1.54) is 23.1 Å². The fraction of sp³-hybridized carbons (Fsp3) is 0.500. The van der Waals surface area contributed by atoms with E-state index < -0.39 is 11.7 Å². The van der Waals surface area contributed by atoms with Crippen molar-refractivity contribution in [3.8, 4) is 0 Å². The molecule has 2 aliphatic rings. The maximum absolute atomic E-state index is 12.7. The van der Waals surface area contributed by atoms with E-state index in [9.17, 15) is 22.8 Å². The van der Waals surface area contributed by atoms with Crippen LogP contribution < -0.4 is 0 Å². The van der Waals surface area contributed by atoms with E-state index >= 15 is 0 Å². The zero-order chi connectivity index (χ0) is 20.6. The van der Waals surface area contributed by atoms with Crippen molar-refractivity contribution in [3.05, 3.63) is 41.7 Å². The first-order valence-electron chi connectivity index (χ1n) is 9.27. The largest absolute Gasteiger partial charge is 0.416 e. The first-order valence-corrected chi connectivity index (χ1v) is 9.27. The molecule has 2 amide bonds. The van der Waals surface area contributed by atoms with Gasteiger partial charge in [-0.3, -0.25) is 9.59 Å². The first kappa shape index (κ1) is 19.3. The van der Waals surface area contributed by atoms with Gasteiger partial charge >= 0.3 is 6.18 Å². The number of carbonyl (C=O) groups is 2. The third-order valence-corrected chi connectivity index (χ3v) is 5.41. The average Bonchev–Trinajstić information content (AvgIpc) is 3.35. The van der Waals surface area contributed by atoms with Gasteiger partial charge in [0.25, 0.3) is 0 Å². The van der Waals surface area contributed by atoms with Gasteiger partial charge in [0.05, 0.1) is 5.56 Å². The van der Waals surface area contributed by atoms with Crippen LogP contribution in [-0.2, 0) is 22.3 Å². The molecule has 0 radical (unpaired) electrons. The summed E-state index contributed by atoms with van der Waals surface area (Å²) in [6.07, 6.45) is -2.35. The third-order valence-electron chi connectivity index (χ3n) is 5.41. The molecule has 1 aromatic carbocycles. The number of amides is 2. The Hall–Kier alpha value is -2.98. The summed E-state index contributed by atoms with van der Waals surface area (Å²) < 4.78 is 39.4. The molecule has 2 heterocycles. The highest BCUT2D eigenvalue weighted by atomic mass is 19.4. The zero-order valence-electron chi connectivity index (χ0n) is 15.4. The molecule has 2 aromatic rings. The van der Waals surface area contributed by atoms with Gasteiger partial charge in [0.2, 0.25) is 11.8 Å². The highest BCUT2D eigenvalue weighted by Crippen LogP contribution is 2.49. The molecule has 0 N–H and O–H groups in total. The van der Waals surface area contributed by atoms with Crippen molar-refractivity contribution in [2.45, 2.75) is 25.1 Å². The number of halogens is 3. The topological polar surface area (TPSA) is 84.2 Å². The molecule has 2 atom stereocenters. The van der Waals surface area contributed by atoms with Gasteiger partial charge in [-0.05, 0) is 40.5 Å². The Labute approximate surface area is 164 Å². The average molecular weight is 408 g/mol. The normalized spacial score (nSPS) is 21.9. The molecule has 11 heteroatoms. The predicted octanol–water partition coefficient (Wildman–Crippen LogP) is 1.17. The van der Waals surface area contributed by atoms with Crippen LogP contribution in [0.3, 0.4) is 0 Å². The lowest BCUT2D eigenvalue weighted by atomic mass is 10.1. The van der Waals surface area contributed by atoms with Gasteiger partial charge in [-0.15, -0.1) is 5.10 Å². The number of tetrazole rings is 1. The Balaban J connectivity index is 1.28. The number of aromatic nitrogens is 4. The second-order valence-electron chi connectivity index (χ2n) is 7.28. The highest BCUT2D eigenvalue weighted by molar-refractivity contribution is 5.83. The smallest absolute Gasteiger partial charge is 0.339 e. The molecule has 8 nitrogen and oxygen atoms in total. The summed E-state index contributed by atoms with van der Waals surface area (Å²) >= 11 is 0. The van der Waals surface area contributed by atoms with Crippen molar-refractivity contribution in [1.29, 1.82) is 0 Å². The maximum Gasteiger partial charge on any atom is 0.416 e. The lowest BCUT2D eigenvalue weighted by molar-refractivity contribution is -0.140. The standard InChI is InChI=1S/C18H19F3N6O2/c19-18(20,21)13-3-1-12(2-4-13)14-9-15(14)17(29)26-7-5-25(6-8-26)16(28)10-27-11-22-23-24-27/h1-4,11,14-15H,5-10H2. The molecule has 1 aliphatic carbocycles. The van der Waals surface area contributed by atoms with Crippen LogP contribution in [0.5, 0.6) is 0 Å². The first-order chi connectivity index (χ1) is 13.8. The molecule has 4 rings (SSSR count). The molecule has 154 valence electrons. The summed E-state index contributed by atoms with van der Waals surface area (Å²) in [7, 11) is 0. The Kier molecular flexibility index (Phi) is 4.97. The summed E-state index contributed by atoms with van der Waals surface area (Å²) in [6.45, 7) is 1.81. The van der Waals surface area contributed by atoms with Gasteiger partial charge in [0.15, 0.2) is 0 Å². The van der Waals surface area contributed by atoms with Crippen molar-refractivity contribution in [1.82, 2.24) is 30.0 Å². The van der Waals surface area contributed by atoms with Crippen LogP contribution in [0, 0.1) is 5.92 Å². The number of alkyl halides is 3. The van der Waals surface area contributed by atoms with Crippen molar-refractivity contribution in [2.75, 3.05) is 26.2 Å². The second-order valence-corrected chi connectivity index (χ2v) is 7.28. The van der Waals surface area contributed by atoms with E-state index in [1.54, 1.807) is 9.80 Å². The van der Waals surface area contributed by atoms with E-state index in [-0.39, 0.29) is 30.2 Å². The number of nitrogens with zero attached hydrogens (tertiary/aromatic N) is 6. The third kappa shape index (κ3) is 4.22. The SMILES string of the molecule is O=C(Cn1cnnn1)N1CCN(C(=O)C2CC2c2ccc(C(F)(F)F)cc2)CC1. The molecule has 1 saturated heterocycles. The van der Waals surface area contributed by atoms with Gasteiger partial charge in [0, 0.05) is 32.1 Å². The minimum Gasteiger partial charge on any atom is -0.339 e. The van der Waals surface area contributed by atoms with Crippen molar-refractivity contribution >= 4 is 11.8 Å². The Bertz CT molecular complexity index is 876. The van der Waals surface area contributed by atoms with Crippen molar-refractivity contribution in [2.24, 2.45) is 5.92 Å². The van der Waals surface area contributed by atoms with Crippen LogP contribution >= 0.6 is 0 Å². The Morgan fingerprint density at radius 1 is 1.03 bits per heavy atom. The molecule has 0 spiro atoms. The lowest BCUT2D eigenvalue weighted by Crippen LogP contribution is -2.51. The number of piperazine rings is 1. The predicted molar refractivity (Wildman–Crippen MR) is 93.3 cm³/mol. The number of benzene rings is 1. The van der Waals surface area contributed by atoms with Gasteiger partial charge in [-0.25, -0.2) is 4.68 Å². The molecule has 2 unspecified atom stereocenters. The molecular weight excluding hydrogens is 389 g/mol. The molecule has 0 bridgehead atoms. The van der Waals surface area contributed by atoms with Gasteiger partial charge < -0.3 is 9.80 Å². The van der Waals surface area contributed by atoms with E-state index in [0.717, 1.165) is 17.7 Å². The number of hydrogen-bond acceptors (Lipinski definition) is 5. The van der Waals surface area contributed by atoms with E-state index in [2.05, 4.69) is 15.5 Å². The minimum atomic E-state index is -4.36. The summed E-state index contributed by atoms with van der Waals surface area (Å²) in [4.78, 5) is 28.4. The second kappa shape index (κ2) is 7.45. The number of hydrogen-bond donors (Lipinski definition) is 0. The monoisotopic (exact) mass is 408 g/mol. The summed E-state index contributed by atoms with van der Waals surface area (Å²) in [5.74, 6) is -0.347. The van der Waals surface area contributed by atoms with Crippen LogP contribution in [-0.4, -0.2) is 68.0 Å². The minimum absolute atomic E-state index is 0.00229. The van der Waals surface area contributed by atoms with Crippen molar-refractivity contribution < 1.29 is 22.8 Å². The van der Waals surface area contributed by atoms with E-state index in [1.807, 2.05) is 0 Å². The molecular formula is C18H19F3N6O2. The Morgan fingerprint density at radius 2 is 1.69 bits per heavy atom. The summed E-state index contributed by atoms with van der Waals surface area (Å²) in [6, 6.07) is 5.03. The lowest BCUT2D eigenvalue weighted by Gasteiger charge is -2.35. The van der Waals surface area contributed by atoms with Crippen LogP contribution in [0.2, 0.25) is 0 Å². The highest BCUT2D eigenvalue weighted by Gasteiger charge is 2.46. The Morgan fingerprint density at radius 3 is 2.28 bits per heavy atom. The molecule has 1 aliphatic heterocycles. The van der Waals surface area contributed by atoms with Crippen LogP contribution in [0.25, 0.3) is 0 Å². The van der Waals surface area contributed by atoms with Gasteiger partial charge in [0.1, 0.15) is 12.9 Å². The molecule has 2 fully saturated rings. The van der Waals surface area contributed by atoms with Crippen LogP contribution in [0.4, 0.5) is 13.2 Å². The summed E-state index contributed by atoms with van der Waals surface area (Å²) in [5.41, 5.74) is 0.0684. The number of rotatable bonds is 4. The van der Waals surface area contributed by atoms with Gasteiger partial charge in [-0.1, -0.05) is 12.1 Å². The van der Waals surface area contributed by atoms with Crippen molar-refractivity contribution in [3.63, 3.8) is 0 Å². The van der Waals surface area contributed by atoms with Gasteiger partial charge in [-0.2, -0.15) is 13.2 Å². The quantitative estimate of drug-likeness (QED) is 0.758.